The van der Waals surface area contributed by atoms with E-state index < -0.39 is 0 Å². The first kappa shape index (κ1) is 19.7. The molecular formula is C23H27BrO. The van der Waals surface area contributed by atoms with Crippen LogP contribution in [-0.2, 0) is 6.42 Å². The van der Waals surface area contributed by atoms with Crippen LogP contribution in [0.4, 0.5) is 0 Å². The molecule has 2 aromatic rings. The number of unbranched alkanes of at least 4 members (excludes halogenated alkanes) is 5. The van der Waals surface area contributed by atoms with Crippen molar-refractivity contribution in [1.82, 2.24) is 0 Å². The Morgan fingerprint density at radius 1 is 0.880 bits per heavy atom. The minimum atomic E-state index is 0.0312. The number of rotatable bonds is 10. The highest BCUT2D eigenvalue weighted by atomic mass is 79.9. The third-order valence-corrected chi connectivity index (χ3v) is 4.88. The largest absolute Gasteiger partial charge is 0.289 e. The zero-order chi connectivity index (χ0) is 17.9. The number of hydrogen-bond donors (Lipinski definition) is 0. The molecule has 0 saturated heterocycles. The molecule has 0 heterocycles. The molecule has 0 aliphatic rings. The highest BCUT2D eigenvalue weighted by molar-refractivity contribution is 9.10. The lowest BCUT2D eigenvalue weighted by molar-refractivity contribution is 0.104. The predicted octanol–water partition coefficient (Wildman–Crippen LogP) is 7.25. The molecule has 2 heteroatoms. The van der Waals surface area contributed by atoms with Gasteiger partial charge in [0, 0.05) is 10.0 Å². The summed E-state index contributed by atoms with van der Waals surface area (Å²) in [6.07, 6.45) is 12.7. The molecule has 0 spiro atoms. The van der Waals surface area contributed by atoms with Gasteiger partial charge in [-0.25, -0.2) is 0 Å². The fourth-order valence-electron chi connectivity index (χ4n) is 2.79. The summed E-state index contributed by atoms with van der Waals surface area (Å²) in [6.45, 7) is 2.25. The van der Waals surface area contributed by atoms with Crippen molar-refractivity contribution in [3.63, 3.8) is 0 Å². The second-order valence-corrected chi connectivity index (χ2v) is 7.38. The number of allylic oxidation sites excluding steroid dienone is 1. The second-order valence-electron chi connectivity index (χ2n) is 6.46. The zero-order valence-corrected chi connectivity index (χ0v) is 16.6. The summed E-state index contributed by atoms with van der Waals surface area (Å²) < 4.78 is 0.981. The van der Waals surface area contributed by atoms with Gasteiger partial charge in [0.2, 0.25) is 0 Å². The molecule has 0 N–H and O–H groups in total. The number of ketones is 1. The normalized spacial score (nSPS) is 11.1. The maximum Gasteiger partial charge on any atom is 0.185 e. The van der Waals surface area contributed by atoms with Crippen LogP contribution in [0.25, 0.3) is 6.08 Å². The Morgan fingerprint density at radius 3 is 2.20 bits per heavy atom. The van der Waals surface area contributed by atoms with Crippen molar-refractivity contribution in [2.75, 3.05) is 0 Å². The van der Waals surface area contributed by atoms with E-state index in [1.165, 1.54) is 44.1 Å². The third kappa shape index (κ3) is 7.39. The smallest absolute Gasteiger partial charge is 0.185 e. The van der Waals surface area contributed by atoms with E-state index in [9.17, 15) is 4.79 Å². The van der Waals surface area contributed by atoms with Crippen LogP contribution in [0.15, 0.2) is 59.1 Å². The van der Waals surface area contributed by atoms with Crippen molar-refractivity contribution in [2.24, 2.45) is 0 Å². The van der Waals surface area contributed by atoms with E-state index in [2.05, 4.69) is 47.1 Å². The fraction of sp³-hybridized carbons (Fsp3) is 0.348. The lowest BCUT2D eigenvalue weighted by Crippen LogP contribution is -1.93. The molecule has 0 amide bonds. The van der Waals surface area contributed by atoms with Crippen LogP contribution in [0.5, 0.6) is 0 Å². The quantitative estimate of drug-likeness (QED) is 0.234. The van der Waals surface area contributed by atoms with Crippen molar-refractivity contribution in [3.05, 3.63) is 75.8 Å². The SMILES string of the molecule is CCCCCCCCc1ccc(/C=C/C(=O)c2ccc(Br)cc2)cc1. The fourth-order valence-corrected chi connectivity index (χ4v) is 3.05. The van der Waals surface area contributed by atoms with Gasteiger partial charge < -0.3 is 0 Å². The van der Waals surface area contributed by atoms with Crippen molar-refractivity contribution in [3.8, 4) is 0 Å². The van der Waals surface area contributed by atoms with Gasteiger partial charge in [0.25, 0.3) is 0 Å². The number of benzene rings is 2. The molecule has 0 aliphatic heterocycles. The van der Waals surface area contributed by atoms with E-state index in [4.69, 9.17) is 0 Å². The summed E-state index contributed by atoms with van der Waals surface area (Å²) in [5.74, 6) is 0.0312. The third-order valence-electron chi connectivity index (χ3n) is 4.35. The van der Waals surface area contributed by atoms with Gasteiger partial charge in [-0.1, -0.05) is 85.3 Å². The molecule has 0 aliphatic carbocycles. The summed E-state index contributed by atoms with van der Waals surface area (Å²) in [5.41, 5.74) is 3.16. The molecule has 0 atom stereocenters. The Labute approximate surface area is 160 Å². The van der Waals surface area contributed by atoms with Crippen LogP contribution in [0.3, 0.4) is 0 Å². The summed E-state index contributed by atoms with van der Waals surface area (Å²) in [6, 6.07) is 16.0. The molecule has 0 fully saturated rings. The molecule has 2 rings (SSSR count). The Balaban J connectivity index is 1.79. The molecule has 132 valence electrons. The topological polar surface area (TPSA) is 17.1 Å². The molecule has 1 nitrogen and oxygen atoms in total. The first-order valence-electron chi connectivity index (χ1n) is 9.26. The highest BCUT2D eigenvalue weighted by Crippen LogP contribution is 2.14. The van der Waals surface area contributed by atoms with Gasteiger partial charge in [0.05, 0.1) is 0 Å². The van der Waals surface area contributed by atoms with Crippen LogP contribution in [0.2, 0.25) is 0 Å². The molecule has 0 unspecified atom stereocenters. The average molecular weight is 399 g/mol. The van der Waals surface area contributed by atoms with Crippen molar-refractivity contribution >= 4 is 27.8 Å². The maximum absolute atomic E-state index is 12.1. The maximum atomic E-state index is 12.1. The zero-order valence-electron chi connectivity index (χ0n) is 15.0. The average Bonchev–Trinajstić information content (AvgIpc) is 2.64. The van der Waals surface area contributed by atoms with Crippen molar-refractivity contribution < 1.29 is 4.79 Å². The number of hydrogen-bond acceptors (Lipinski definition) is 1. The molecule has 0 saturated carbocycles. The Morgan fingerprint density at radius 2 is 1.52 bits per heavy atom. The molecule has 25 heavy (non-hydrogen) atoms. The van der Waals surface area contributed by atoms with E-state index in [-0.39, 0.29) is 5.78 Å². The second kappa shape index (κ2) is 11.0. The van der Waals surface area contributed by atoms with E-state index in [1.807, 2.05) is 30.3 Å². The van der Waals surface area contributed by atoms with Gasteiger partial charge in [-0.05, 0) is 54.3 Å². The Hall–Kier alpha value is -1.67. The van der Waals surface area contributed by atoms with Crippen LogP contribution in [0, 0.1) is 0 Å². The minimum Gasteiger partial charge on any atom is -0.289 e. The van der Waals surface area contributed by atoms with Crippen LogP contribution < -0.4 is 0 Å². The predicted molar refractivity (Wildman–Crippen MR) is 111 cm³/mol. The standard InChI is InChI=1S/C23H27BrO/c1-2-3-4-5-6-7-8-19-9-11-20(12-10-19)13-18-23(25)21-14-16-22(24)17-15-21/h9-18H,2-8H2,1H3/b18-13+. The first-order chi connectivity index (χ1) is 12.2. The van der Waals surface area contributed by atoms with Crippen LogP contribution in [0.1, 0.15) is 66.9 Å². The highest BCUT2D eigenvalue weighted by Gasteiger charge is 2.01. The van der Waals surface area contributed by atoms with Crippen molar-refractivity contribution in [2.45, 2.75) is 51.9 Å². The number of carbonyl (C=O) groups excluding carboxylic acids is 1. The van der Waals surface area contributed by atoms with Crippen LogP contribution in [-0.4, -0.2) is 5.78 Å². The number of carbonyl (C=O) groups is 1. The Bertz CT molecular complexity index is 668. The summed E-state index contributed by atoms with van der Waals surface area (Å²) >= 11 is 3.38. The van der Waals surface area contributed by atoms with Gasteiger partial charge in [0.1, 0.15) is 0 Å². The lowest BCUT2D eigenvalue weighted by atomic mass is 10.0. The van der Waals surface area contributed by atoms with E-state index in [1.54, 1.807) is 6.08 Å². The summed E-state index contributed by atoms with van der Waals surface area (Å²) in [5, 5.41) is 0. The first-order valence-corrected chi connectivity index (χ1v) is 10.1. The van der Waals surface area contributed by atoms with E-state index in [0.717, 1.165) is 16.5 Å². The Kier molecular flexibility index (Phi) is 8.68. The van der Waals surface area contributed by atoms with Gasteiger partial charge in [0.15, 0.2) is 5.78 Å². The molecule has 0 radical (unpaired) electrons. The van der Waals surface area contributed by atoms with Gasteiger partial charge in [-0.3, -0.25) is 4.79 Å². The monoisotopic (exact) mass is 398 g/mol. The minimum absolute atomic E-state index is 0.0312. The van der Waals surface area contributed by atoms with E-state index in [0.29, 0.717) is 5.56 Å². The number of halogens is 1. The van der Waals surface area contributed by atoms with Gasteiger partial charge in [-0.2, -0.15) is 0 Å². The number of aryl methyl sites for hydroxylation is 1. The molecule has 0 bridgehead atoms. The summed E-state index contributed by atoms with van der Waals surface area (Å²) in [7, 11) is 0. The molecule has 2 aromatic carbocycles. The molecular weight excluding hydrogens is 372 g/mol. The van der Waals surface area contributed by atoms with Gasteiger partial charge >= 0.3 is 0 Å². The summed E-state index contributed by atoms with van der Waals surface area (Å²) in [4.78, 5) is 12.1. The van der Waals surface area contributed by atoms with Crippen LogP contribution >= 0.6 is 15.9 Å². The van der Waals surface area contributed by atoms with E-state index >= 15 is 0 Å². The van der Waals surface area contributed by atoms with Gasteiger partial charge in [-0.15, -0.1) is 0 Å². The molecule has 0 aromatic heterocycles. The van der Waals surface area contributed by atoms with Crippen molar-refractivity contribution in [1.29, 1.82) is 0 Å². The lowest BCUT2D eigenvalue weighted by Gasteiger charge is -2.03.